The van der Waals surface area contributed by atoms with Gasteiger partial charge in [-0.25, -0.2) is 15.0 Å². The van der Waals surface area contributed by atoms with Gasteiger partial charge >= 0.3 is 0 Å². The number of nitrogens with zero attached hydrogens (tertiary/aromatic N) is 3. The molecule has 0 N–H and O–H groups in total. The highest BCUT2D eigenvalue weighted by atomic mass is 35.5. The number of benzene rings is 4. The van der Waals surface area contributed by atoms with Gasteiger partial charge in [0.05, 0.1) is 0 Å². The standard InChI is InChI=1S/C28H20ClN3/c1-19-12-13-24(18-25(19)29)20-14-16-23(17-15-20)28-31-26(21-8-4-2-5-9-21)30-27(32-28)22-10-6-3-7-11-22/h2-18H,1H3. The van der Waals surface area contributed by atoms with E-state index < -0.39 is 0 Å². The van der Waals surface area contributed by atoms with Gasteiger partial charge in [0, 0.05) is 21.7 Å². The van der Waals surface area contributed by atoms with E-state index in [0.717, 1.165) is 38.4 Å². The summed E-state index contributed by atoms with van der Waals surface area (Å²) in [5.74, 6) is 1.96. The van der Waals surface area contributed by atoms with Crippen LogP contribution in [-0.2, 0) is 0 Å². The van der Waals surface area contributed by atoms with Crippen molar-refractivity contribution in [1.82, 2.24) is 15.0 Å². The van der Waals surface area contributed by atoms with Crippen molar-refractivity contribution in [2.75, 3.05) is 0 Å². The topological polar surface area (TPSA) is 38.7 Å². The van der Waals surface area contributed by atoms with Gasteiger partial charge in [-0.1, -0.05) is 109 Å². The highest BCUT2D eigenvalue weighted by molar-refractivity contribution is 6.31. The summed E-state index contributed by atoms with van der Waals surface area (Å²) < 4.78 is 0. The van der Waals surface area contributed by atoms with Gasteiger partial charge in [-0.05, 0) is 29.7 Å². The third-order valence-electron chi connectivity index (χ3n) is 5.35. The van der Waals surface area contributed by atoms with Crippen LogP contribution in [0, 0.1) is 6.92 Å². The van der Waals surface area contributed by atoms with Gasteiger partial charge < -0.3 is 0 Å². The van der Waals surface area contributed by atoms with Crippen molar-refractivity contribution < 1.29 is 0 Å². The first-order chi connectivity index (χ1) is 15.7. The Morgan fingerprint density at radius 2 is 0.875 bits per heavy atom. The zero-order chi connectivity index (χ0) is 21.9. The quantitative estimate of drug-likeness (QED) is 0.294. The molecule has 0 saturated carbocycles. The summed E-state index contributed by atoms with van der Waals surface area (Å²) in [5, 5.41) is 0.768. The van der Waals surface area contributed by atoms with E-state index in [0.29, 0.717) is 17.5 Å². The van der Waals surface area contributed by atoms with Crippen molar-refractivity contribution in [3.05, 3.63) is 114 Å². The molecule has 1 heterocycles. The molecular weight excluding hydrogens is 414 g/mol. The number of aryl methyl sites for hydroxylation is 1. The molecule has 4 heteroatoms. The summed E-state index contributed by atoms with van der Waals surface area (Å²) in [5.41, 5.74) is 6.09. The fourth-order valence-corrected chi connectivity index (χ4v) is 3.70. The maximum absolute atomic E-state index is 6.32. The predicted molar refractivity (Wildman–Crippen MR) is 131 cm³/mol. The van der Waals surface area contributed by atoms with Gasteiger partial charge in [0.15, 0.2) is 17.5 Å². The molecule has 0 bridgehead atoms. The maximum atomic E-state index is 6.32. The van der Waals surface area contributed by atoms with Gasteiger partial charge in [-0.15, -0.1) is 0 Å². The minimum Gasteiger partial charge on any atom is -0.208 e. The van der Waals surface area contributed by atoms with Gasteiger partial charge in [-0.3, -0.25) is 0 Å². The van der Waals surface area contributed by atoms with Crippen LogP contribution in [0.5, 0.6) is 0 Å². The van der Waals surface area contributed by atoms with Crippen LogP contribution in [0.25, 0.3) is 45.3 Å². The first kappa shape index (κ1) is 20.1. The maximum Gasteiger partial charge on any atom is 0.164 e. The van der Waals surface area contributed by atoms with Gasteiger partial charge in [-0.2, -0.15) is 0 Å². The monoisotopic (exact) mass is 433 g/mol. The lowest BCUT2D eigenvalue weighted by molar-refractivity contribution is 1.07. The summed E-state index contributed by atoms with van der Waals surface area (Å²) in [4.78, 5) is 14.3. The van der Waals surface area contributed by atoms with Crippen LogP contribution in [0.15, 0.2) is 103 Å². The largest absolute Gasteiger partial charge is 0.208 e. The fourth-order valence-electron chi connectivity index (χ4n) is 3.52. The summed E-state index contributed by atoms with van der Waals surface area (Å²) in [6.07, 6.45) is 0. The van der Waals surface area contributed by atoms with E-state index in [4.69, 9.17) is 26.6 Å². The van der Waals surface area contributed by atoms with Crippen molar-refractivity contribution in [2.24, 2.45) is 0 Å². The Labute approximate surface area is 192 Å². The van der Waals surface area contributed by atoms with Crippen molar-refractivity contribution in [1.29, 1.82) is 0 Å². The lowest BCUT2D eigenvalue weighted by Gasteiger charge is -2.09. The van der Waals surface area contributed by atoms with Crippen LogP contribution in [0.4, 0.5) is 0 Å². The number of hydrogen-bond donors (Lipinski definition) is 0. The van der Waals surface area contributed by atoms with E-state index in [9.17, 15) is 0 Å². The predicted octanol–water partition coefficient (Wildman–Crippen LogP) is 7.50. The number of halogens is 1. The third kappa shape index (κ3) is 4.16. The van der Waals surface area contributed by atoms with Crippen LogP contribution in [0.2, 0.25) is 5.02 Å². The van der Waals surface area contributed by atoms with Crippen LogP contribution >= 0.6 is 11.6 Å². The summed E-state index contributed by atoms with van der Waals surface area (Å²) >= 11 is 6.32. The number of aromatic nitrogens is 3. The molecular formula is C28H20ClN3. The van der Waals surface area contributed by atoms with E-state index in [2.05, 4.69) is 18.2 Å². The fraction of sp³-hybridized carbons (Fsp3) is 0.0357. The molecule has 0 aliphatic carbocycles. The Bertz CT molecular complexity index is 1310. The lowest BCUT2D eigenvalue weighted by atomic mass is 10.0. The van der Waals surface area contributed by atoms with Crippen molar-refractivity contribution in [3.8, 4) is 45.3 Å². The second-order valence-corrected chi connectivity index (χ2v) is 7.99. The average Bonchev–Trinajstić information content (AvgIpc) is 2.86. The van der Waals surface area contributed by atoms with E-state index in [1.165, 1.54) is 0 Å². The second-order valence-electron chi connectivity index (χ2n) is 7.58. The minimum atomic E-state index is 0.645. The smallest absolute Gasteiger partial charge is 0.164 e. The SMILES string of the molecule is Cc1ccc(-c2ccc(-c3nc(-c4ccccc4)nc(-c4ccccc4)n3)cc2)cc1Cl. The second kappa shape index (κ2) is 8.74. The normalized spacial score (nSPS) is 10.8. The highest BCUT2D eigenvalue weighted by Crippen LogP contribution is 2.29. The lowest BCUT2D eigenvalue weighted by Crippen LogP contribution is -2.00. The van der Waals surface area contributed by atoms with Crippen LogP contribution in [0.1, 0.15) is 5.56 Å². The molecule has 0 radical (unpaired) electrons. The molecule has 0 spiro atoms. The summed E-state index contributed by atoms with van der Waals surface area (Å²) in [6.45, 7) is 2.00. The molecule has 0 unspecified atom stereocenters. The van der Waals surface area contributed by atoms with E-state index in [1.807, 2.05) is 91.9 Å². The molecule has 154 valence electrons. The van der Waals surface area contributed by atoms with Gasteiger partial charge in [0.2, 0.25) is 0 Å². The highest BCUT2D eigenvalue weighted by Gasteiger charge is 2.12. The zero-order valence-corrected chi connectivity index (χ0v) is 18.3. The van der Waals surface area contributed by atoms with Crippen molar-refractivity contribution in [2.45, 2.75) is 6.92 Å². The van der Waals surface area contributed by atoms with E-state index in [1.54, 1.807) is 0 Å². The van der Waals surface area contributed by atoms with Gasteiger partial charge in [0.25, 0.3) is 0 Å². The Hall–Kier alpha value is -3.82. The number of rotatable bonds is 4. The van der Waals surface area contributed by atoms with Crippen molar-refractivity contribution >= 4 is 11.6 Å². The Balaban J connectivity index is 1.58. The van der Waals surface area contributed by atoms with Crippen LogP contribution < -0.4 is 0 Å². The molecule has 3 nitrogen and oxygen atoms in total. The van der Waals surface area contributed by atoms with E-state index in [-0.39, 0.29) is 0 Å². The molecule has 1 aromatic heterocycles. The first-order valence-electron chi connectivity index (χ1n) is 10.4. The zero-order valence-electron chi connectivity index (χ0n) is 17.5. The molecule has 5 rings (SSSR count). The minimum absolute atomic E-state index is 0.645. The molecule has 0 aliphatic rings. The van der Waals surface area contributed by atoms with E-state index >= 15 is 0 Å². The molecule has 0 fully saturated rings. The molecule has 0 saturated heterocycles. The third-order valence-corrected chi connectivity index (χ3v) is 5.75. The Kier molecular flexibility index (Phi) is 5.49. The molecule has 0 amide bonds. The van der Waals surface area contributed by atoms with Crippen LogP contribution in [-0.4, -0.2) is 15.0 Å². The molecule has 32 heavy (non-hydrogen) atoms. The summed E-state index contributed by atoms with van der Waals surface area (Å²) in [7, 11) is 0. The summed E-state index contributed by atoms with van der Waals surface area (Å²) in [6, 6.07) is 34.3. The van der Waals surface area contributed by atoms with Gasteiger partial charge in [0.1, 0.15) is 0 Å². The molecule has 5 aromatic rings. The first-order valence-corrected chi connectivity index (χ1v) is 10.8. The number of hydrogen-bond acceptors (Lipinski definition) is 3. The molecule has 0 aliphatic heterocycles. The van der Waals surface area contributed by atoms with Crippen molar-refractivity contribution in [3.63, 3.8) is 0 Å². The average molecular weight is 434 g/mol. The molecule has 4 aromatic carbocycles. The molecule has 0 atom stereocenters. The Morgan fingerprint density at radius 1 is 0.469 bits per heavy atom. The Morgan fingerprint density at radius 3 is 1.34 bits per heavy atom. The van der Waals surface area contributed by atoms with Crippen LogP contribution in [0.3, 0.4) is 0 Å².